The third-order valence-corrected chi connectivity index (χ3v) is 2.71. The molecule has 20 heavy (non-hydrogen) atoms. The second kappa shape index (κ2) is 7.31. The zero-order valence-electron chi connectivity index (χ0n) is 12.1. The van der Waals surface area contributed by atoms with Gasteiger partial charge in [0, 0.05) is 25.1 Å². The van der Waals surface area contributed by atoms with Gasteiger partial charge < -0.3 is 10.6 Å². The van der Waals surface area contributed by atoms with Crippen LogP contribution in [-0.2, 0) is 6.42 Å². The predicted molar refractivity (Wildman–Crippen MR) is 74.1 cm³/mol. The highest BCUT2D eigenvalue weighted by atomic mass is 19.4. The highest BCUT2D eigenvalue weighted by Crippen LogP contribution is 2.23. The monoisotopic (exact) mass is 290 g/mol. The summed E-state index contributed by atoms with van der Waals surface area (Å²) in [7, 11) is 0. The summed E-state index contributed by atoms with van der Waals surface area (Å²) in [5.74, 6) is 1.80. The third-order valence-electron chi connectivity index (χ3n) is 2.71. The summed E-state index contributed by atoms with van der Waals surface area (Å²) in [5.41, 5.74) is 0.744. The van der Waals surface area contributed by atoms with E-state index in [1.54, 1.807) is 6.92 Å². The highest BCUT2D eigenvalue weighted by molar-refractivity contribution is 5.57. The van der Waals surface area contributed by atoms with Gasteiger partial charge in [0.2, 0.25) is 0 Å². The summed E-state index contributed by atoms with van der Waals surface area (Å²) >= 11 is 0. The molecule has 0 spiro atoms. The Labute approximate surface area is 117 Å². The van der Waals surface area contributed by atoms with Gasteiger partial charge in [0.1, 0.15) is 17.5 Å². The normalized spacial score (nSPS) is 11.5. The molecule has 0 fully saturated rings. The molecule has 1 aromatic rings. The van der Waals surface area contributed by atoms with E-state index in [2.05, 4.69) is 20.6 Å². The van der Waals surface area contributed by atoms with E-state index in [9.17, 15) is 13.2 Å². The number of nitrogens with one attached hydrogen (secondary N) is 2. The molecule has 7 heteroatoms. The maximum absolute atomic E-state index is 12.2. The van der Waals surface area contributed by atoms with E-state index in [0.29, 0.717) is 30.4 Å². The van der Waals surface area contributed by atoms with Crippen molar-refractivity contribution < 1.29 is 13.2 Å². The van der Waals surface area contributed by atoms with Crippen LogP contribution in [0.4, 0.5) is 24.8 Å². The Kier molecular flexibility index (Phi) is 6.04. The summed E-state index contributed by atoms with van der Waals surface area (Å²) < 4.78 is 36.5. The maximum atomic E-state index is 12.2. The Morgan fingerprint density at radius 1 is 1.05 bits per heavy atom. The summed E-state index contributed by atoms with van der Waals surface area (Å²) in [6.07, 6.45) is -3.45. The van der Waals surface area contributed by atoms with Crippen LogP contribution >= 0.6 is 0 Å². The fraction of sp³-hybridized carbons (Fsp3) is 0.692. The van der Waals surface area contributed by atoms with Gasteiger partial charge >= 0.3 is 6.18 Å². The van der Waals surface area contributed by atoms with Crippen molar-refractivity contribution in [2.45, 2.75) is 46.2 Å². The van der Waals surface area contributed by atoms with Crippen molar-refractivity contribution >= 4 is 11.6 Å². The van der Waals surface area contributed by atoms with Gasteiger partial charge in [-0.25, -0.2) is 9.97 Å². The van der Waals surface area contributed by atoms with Gasteiger partial charge in [-0.15, -0.1) is 0 Å². The average molecular weight is 290 g/mol. The number of halogens is 3. The van der Waals surface area contributed by atoms with Gasteiger partial charge in [-0.1, -0.05) is 6.92 Å². The van der Waals surface area contributed by atoms with Gasteiger partial charge in [-0.2, -0.15) is 13.2 Å². The fourth-order valence-electron chi connectivity index (χ4n) is 1.73. The lowest BCUT2D eigenvalue weighted by atomic mass is 10.2. The van der Waals surface area contributed by atoms with Gasteiger partial charge in [-0.05, 0) is 20.3 Å². The first kappa shape index (κ1) is 16.5. The smallest absolute Gasteiger partial charge is 0.370 e. The second-order valence-corrected chi connectivity index (χ2v) is 4.53. The highest BCUT2D eigenvalue weighted by Gasteiger charge is 2.26. The van der Waals surface area contributed by atoms with Crippen LogP contribution in [0.15, 0.2) is 0 Å². The lowest BCUT2D eigenvalue weighted by Crippen LogP contribution is -2.17. The van der Waals surface area contributed by atoms with Crippen LogP contribution in [0.1, 0.15) is 38.1 Å². The SMILES string of the molecule is CCCc1nc(NCC)c(C)c(NCCC(F)(F)F)n1. The topological polar surface area (TPSA) is 49.8 Å². The van der Waals surface area contributed by atoms with Crippen LogP contribution in [0.5, 0.6) is 0 Å². The molecule has 0 saturated carbocycles. The molecule has 2 N–H and O–H groups in total. The minimum Gasteiger partial charge on any atom is -0.370 e. The number of hydrogen-bond acceptors (Lipinski definition) is 4. The van der Waals surface area contributed by atoms with Crippen molar-refractivity contribution in [3.63, 3.8) is 0 Å². The molecule has 4 nitrogen and oxygen atoms in total. The number of rotatable bonds is 7. The Morgan fingerprint density at radius 3 is 2.15 bits per heavy atom. The largest absolute Gasteiger partial charge is 0.390 e. The summed E-state index contributed by atoms with van der Waals surface area (Å²) in [4.78, 5) is 8.68. The Morgan fingerprint density at radius 2 is 1.65 bits per heavy atom. The molecule has 0 aliphatic rings. The molecule has 0 aromatic carbocycles. The first-order valence-electron chi connectivity index (χ1n) is 6.79. The van der Waals surface area contributed by atoms with Crippen molar-refractivity contribution in [2.24, 2.45) is 0 Å². The van der Waals surface area contributed by atoms with Gasteiger partial charge in [0.05, 0.1) is 6.42 Å². The van der Waals surface area contributed by atoms with Crippen molar-refractivity contribution in [3.05, 3.63) is 11.4 Å². The van der Waals surface area contributed by atoms with Crippen LogP contribution in [0, 0.1) is 6.92 Å². The zero-order valence-corrected chi connectivity index (χ0v) is 12.1. The lowest BCUT2D eigenvalue weighted by molar-refractivity contribution is -0.131. The van der Waals surface area contributed by atoms with Crippen LogP contribution < -0.4 is 10.6 Å². The molecule has 1 rings (SSSR count). The first-order chi connectivity index (χ1) is 9.37. The van der Waals surface area contributed by atoms with Crippen LogP contribution in [0.3, 0.4) is 0 Å². The van der Waals surface area contributed by atoms with Gasteiger partial charge in [-0.3, -0.25) is 0 Å². The van der Waals surface area contributed by atoms with Crippen LogP contribution in [-0.4, -0.2) is 29.2 Å². The van der Waals surface area contributed by atoms with Crippen molar-refractivity contribution in [1.82, 2.24) is 9.97 Å². The van der Waals surface area contributed by atoms with Gasteiger partial charge in [0.25, 0.3) is 0 Å². The molecule has 114 valence electrons. The molecule has 0 atom stereocenters. The molecule has 0 aliphatic carbocycles. The molecular weight excluding hydrogens is 269 g/mol. The molecule has 0 aliphatic heterocycles. The standard InChI is InChI=1S/C13H21F3N4/c1-4-6-10-19-11(17-5-2)9(3)12(20-10)18-8-7-13(14,15)16/h4-8H2,1-3H3,(H2,17,18,19,20). The summed E-state index contributed by atoms with van der Waals surface area (Å²) in [6.45, 7) is 6.26. The summed E-state index contributed by atoms with van der Waals surface area (Å²) in [6, 6.07) is 0. The molecule has 0 radical (unpaired) electrons. The Bertz CT molecular complexity index is 432. The van der Waals surface area contributed by atoms with Crippen LogP contribution in [0.2, 0.25) is 0 Å². The minimum atomic E-state index is -4.16. The molecule has 0 saturated heterocycles. The minimum absolute atomic E-state index is 0.182. The number of anilines is 2. The van der Waals surface area contributed by atoms with E-state index in [-0.39, 0.29) is 6.54 Å². The van der Waals surface area contributed by atoms with Crippen molar-refractivity contribution in [1.29, 1.82) is 0 Å². The molecule has 0 bridgehead atoms. The Balaban J connectivity index is 2.86. The lowest BCUT2D eigenvalue weighted by Gasteiger charge is -2.15. The van der Waals surface area contributed by atoms with E-state index in [1.807, 2.05) is 13.8 Å². The second-order valence-electron chi connectivity index (χ2n) is 4.53. The van der Waals surface area contributed by atoms with E-state index in [0.717, 1.165) is 12.0 Å². The molecular formula is C13H21F3N4. The predicted octanol–water partition coefficient (Wildman–Crippen LogP) is 3.53. The quantitative estimate of drug-likeness (QED) is 0.806. The molecule has 0 unspecified atom stereocenters. The van der Waals surface area contributed by atoms with Crippen molar-refractivity contribution in [2.75, 3.05) is 23.7 Å². The number of aromatic nitrogens is 2. The number of alkyl halides is 3. The maximum Gasteiger partial charge on any atom is 0.390 e. The summed E-state index contributed by atoms with van der Waals surface area (Å²) in [5, 5.41) is 5.86. The Hall–Kier alpha value is -1.53. The number of aryl methyl sites for hydroxylation is 1. The number of nitrogens with zero attached hydrogens (tertiary/aromatic N) is 2. The zero-order chi connectivity index (χ0) is 15.2. The van der Waals surface area contributed by atoms with E-state index in [1.165, 1.54) is 0 Å². The van der Waals surface area contributed by atoms with Crippen molar-refractivity contribution in [3.8, 4) is 0 Å². The van der Waals surface area contributed by atoms with Gasteiger partial charge in [0.15, 0.2) is 0 Å². The molecule has 1 heterocycles. The molecule has 1 aromatic heterocycles. The van der Waals surface area contributed by atoms with E-state index >= 15 is 0 Å². The van der Waals surface area contributed by atoms with E-state index in [4.69, 9.17) is 0 Å². The van der Waals surface area contributed by atoms with Crippen LogP contribution in [0.25, 0.3) is 0 Å². The molecule has 0 amide bonds. The number of hydrogen-bond donors (Lipinski definition) is 2. The van der Waals surface area contributed by atoms with E-state index < -0.39 is 12.6 Å². The average Bonchev–Trinajstić information content (AvgIpc) is 2.33. The first-order valence-corrected chi connectivity index (χ1v) is 6.79. The third kappa shape index (κ3) is 5.22. The fourth-order valence-corrected chi connectivity index (χ4v) is 1.73.